The normalized spacial score (nSPS) is 10.9. The third kappa shape index (κ3) is 6.51. The van der Waals surface area contributed by atoms with Crippen LogP contribution in [0.2, 0.25) is 0 Å². The average Bonchev–Trinajstić information content (AvgIpc) is 3.21. The van der Waals surface area contributed by atoms with Gasteiger partial charge in [0.1, 0.15) is 0 Å². The quantitative estimate of drug-likeness (QED) is 0.166. The van der Waals surface area contributed by atoms with Gasteiger partial charge in [-0.05, 0) is 47.0 Å². The molecule has 8 aromatic rings. The van der Waals surface area contributed by atoms with Gasteiger partial charge in [0, 0.05) is 33.4 Å². The number of aromatic nitrogens is 4. The van der Waals surface area contributed by atoms with Gasteiger partial charge in [-0.2, -0.15) is 0 Å². The zero-order chi connectivity index (χ0) is 33.7. The van der Waals surface area contributed by atoms with Crippen LogP contribution in [0.1, 0.15) is 5.56 Å². The molecule has 2 aromatic heterocycles. The Morgan fingerprint density at radius 3 is 0.940 bits per heavy atom. The molecule has 236 valence electrons. The second-order valence-electron chi connectivity index (χ2n) is 12.0. The number of hydrogen-bond donors (Lipinski definition) is 0. The average molecular weight is 641 g/mol. The molecule has 4 heteroatoms. The van der Waals surface area contributed by atoms with E-state index in [1.54, 1.807) is 0 Å². The van der Waals surface area contributed by atoms with Crippen molar-refractivity contribution >= 4 is 6.08 Å². The molecule has 0 aliphatic carbocycles. The van der Waals surface area contributed by atoms with E-state index in [1.807, 2.05) is 78.9 Å². The third-order valence-electron chi connectivity index (χ3n) is 8.66. The van der Waals surface area contributed by atoms with Crippen LogP contribution in [0.5, 0.6) is 0 Å². The SMILES string of the molecule is C=Cc1ccc(-c2cc(-c3nc(-c4ccccc4)cc(-c4ccccc4)n3)cc(-c3nc(-c4ccccc4)cc(-c4ccccc4)n3)c2)cc1. The summed E-state index contributed by atoms with van der Waals surface area (Å²) in [6.07, 6.45) is 1.85. The third-order valence-corrected chi connectivity index (χ3v) is 8.66. The highest BCUT2D eigenvalue weighted by atomic mass is 14.9. The highest BCUT2D eigenvalue weighted by molar-refractivity contribution is 5.81. The molecule has 6 aromatic carbocycles. The lowest BCUT2D eigenvalue weighted by atomic mass is 9.97. The van der Waals surface area contributed by atoms with Crippen LogP contribution in [-0.4, -0.2) is 19.9 Å². The maximum absolute atomic E-state index is 5.16. The Morgan fingerprint density at radius 2 is 0.620 bits per heavy atom. The molecule has 0 atom stereocenters. The lowest BCUT2D eigenvalue weighted by molar-refractivity contribution is 1.17. The fraction of sp³-hybridized carbons (Fsp3) is 0. The van der Waals surface area contributed by atoms with Gasteiger partial charge in [0.25, 0.3) is 0 Å². The summed E-state index contributed by atoms with van der Waals surface area (Å²) in [7, 11) is 0. The van der Waals surface area contributed by atoms with Crippen LogP contribution >= 0.6 is 0 Å². The molecule has 0 radical (unpaired) electrons. The maximum Gasteiger partial charge on any atom is 0.160 e. The molecule has 0 fully saturated rings. The molecule has 0 amide bonds. The van der Waals surface area contributed by atoms with E-state index < -0.39 is 0 Å². The molecule has 0 unspecified atom stereocenters. The van der Waals surface area contributed by atoms with Crippen LogP contribution in [0, 0.1) is 0 Å². The van der Waals surface area contributed by atoms with Crippen molar-refractivity contribution in [3.05, 3.63) is 188 Å². The summed E-state index contributed by atoms with van der Waals surface area (Å²) in [6.45, 7) is 3.94. The monoisotopic (exact) mass is 640 g/mol. The topological polar surface area (TPSA) is 51.6 Å². The number of rotatable bonds is 8. The standard InChI is InChI=1S/C46H32N4/c1-2-32-23-25-33(26-24-32)38-27-39(45-47-41(34-15-7-3-8-16-34)30-42(48-45)35-17-9-4-10-18-35)29-40(28-38)46-49-43(36-19-11-5-12-20-36)31-44(50-46)37-21-13-6-14-22-37/h2-31H,1H2. The second kappa shape index (κ2) is 13.8. The van der Waals surface area contributed by atoms with Gasteiger partial charge in [0.2, 0.25) is 0 Å². The molecular formula is C46H32N4. The van der Waals surface area contributed by atoms with Crippen LogP contribution in [0.3, 0.4) is 0 Å². The van der Waals surface area contributed by atoms with Crippen molar-refractivity contribution in [1.29, 1.82) is 0 Å². The van der Waals surface area contributed by atoms with E-state index in [0.29, 0.717) is 11.6 Å². The molecule has 50 heavy (non-hydrogen) atoms. The Kier molecular flexibility index (Phi) is 8.40. The lowest BCUT2D eigenvalue weighted by Crippen LogP contribution is -1.99. The molecule has 8 rings (SSSR count). The van der Waals surface area contributed by atoms with Crippen molar-refractivity contribution in [2.75, 3.05) is 0 Å². The van der Waals surface area contributed by atoms with E-state index in [9.17, 15) is 0 Å². The van der Waals surface area contributed by atoms with Crippen molar-refractivity contribution in [2.45, 2.75) is 0 Å². The second-order valence-corrected chi connectivity index (χ2v) is 12.0. The maximum atomic E-state index is 5.16. The Balaban J connectivity index is 1.37. The molecule has 4 nitrogen and oxygen atoms in total. The summed E-state index contributed by atoms with van der Waals surface area (Å²) in [5.41, 5.74) is 12.4. The molecule has 0 saturated heterocycles. The van der Waals surface area contributed by atoms with Gasteiger partial charge >= 0.3 is 0 Å². The summed E-state index contributed by atoms with van der Waals surface area (Å²) >= 11 is 0. The van der Waals surface area contributed by atoms with Crippen LogP contribution in [0.4, 0.5) is 0 Å². The van der Waals surface area contributed by atoms with Crippen molar-refractivity contribution in [2.24, 2.45) is 0 Å². The first-order valence-electron chi connectivity index (χ1n) is 16.6. The predicted octanol–water partition coefficient (Wildman–Crippen LogP) is 11.6. The summed E-state index contributed by atoms with van der Waals surface area (Å²) in [5.74, 6) is 1.25. The highest BCUT2D eigenvalue weighted by Crippen LogP contribution is 2.35. The van der Waals surface area contributed by atoms with E-state index in [-0.39, 0.29) is 0 Å². The Labute approximate surface area is 292 Å². The number of benzene rings is 6. The van der Waals surface area contributed by atoms with Gasteiger partial charge < -0.3 is 0 Å². The van der Waals surface area contributed by atoms with E-state index in [2.05, 4.69) is 110 Å². The largest absolute Gasteiger partial charge is 0.228 e. The van der Waals surface area contributed by atoms with Gasteiger partial charge in [-0.1, -0.05) is 158 Å². The predicted molar refractivity (Wildman–Crippen MR) is 206 cm³/mol. The van der Waals surface area contributed by atoms with Crippen molar-refractivity contribution < 1.29 is 0 Å². The fourth-order valence-corrected chi connectivity index (χ4v) is 6.04. The molecule has 0 spiro atoms. The summed E-state index contributed by atoms with van der Waals surface area (Å²) in [4.78, 5) is 20.6. The van der Waals surface area contributed by atoms with E-state index in [0.717, 1.165) is 72.8 Å². The molecule has 0 aliphatic rings. The van der Waals surface area contributed by atoms with Gasteiger partial charge in [-0.15, -0.1) is 0 Å². The first kappa shape index (κ1) is 30.5. The molecule has 0 aliphatic heterocycles. The van der Waals surface area contributed by atoms with Crippen LogP contribution < -0.4 is 0 Å². The number of hydrogen-bond acceptors (Lipinski definition) is 4. The highest BCUT2D eigenvalue weighted by Gasteiger charge is 2.16. The number of nitrogens with zero attached hydrogens (tertiary/aromatic N) is 4. The molecule has 0 N–H and O–H groups in total. The molecule has 0 saturated carbocycles. The molecule has 0 bridgehead atoms. The zero-order valence-corrected chi connectivity index (χ0v) is 27.3. The zero-order valence-electron chi connectivity index (χ0n) is 27.3. The summed E-state index contributed by atoms with van der Waals surface area (Å²) in [6, 6.07) is 59.9. The Bertz CT molecular complexity index is 2150. The van der Waals surface area contributed by atoms with Gasteiger partial charge in [0.15, 0.2) is 11.6 Å². The van der Waals surface area contributed by atoms with Crippen LogP contribution in [0.25, 0.3) is 85.0 Å². The van der Waals surface area contributed by atoms with Gasteiger partial charge in [-0.3, -0.25) is 0 Å². The first-order chi connectivity index (χ1) is 24.7. The van der Waals surface area contributed by atoms with E-state index >= 15 is 0 Å². The minimum atomic E-state index is 0.624. The Morgan fingerprint density at radius 1 is 0.300 bits per heavy atom. The lowest BCUT2D eigenvalue weighted by Gasteiger charge is -2.14. The first-order valence-corrected chi connectivity index (χ1v) is 16.6. The van der Waals surface area contributed by atoms with Gasteiger partial charge in [0.05, 0.1) is 22.8 Å². The van der Waals surface area contributed by atoms with Crippen LogP contribution in [0.15, 0.2) is 183 Å². The minimum absolute atomic E-state index is 0.624. The summed E-state index contributed by atoms with van der Waals surface area (Å²) < 4.78 is 0. The van der Waals surface area contributed by atoms with Crippen molar-refractivity contribution in [3.8, 4) is 78.9 Å². The van der Waals surface area contributed by atoms with Crippen molar-refractivity contribution in [1.82, 2.24) is 19.9 Å². The smallest absolute Gasteiger partial charge is 0.160 e. The molecule has 2 heterocycles. The fourth-order valence-electron chi connectivity index (χ4n) is 6.04. The Hall–Kier alpha value is -6.78. The van der Waals surface area contributed by atoms with Crippen LogP contribution in [-0.2, 0) is 0 Å². The van der Waals surface area contributed by atoms with Crippen molar-refractivity contribution in [3.63, 3.8) is 0 Å². The molecular weight excluding hydrogens is 609 g/mol. The van der Waals surface area contributed by atoms with Gasteiger partial charge in [-0.25, -0.2) is 19.9 Å². The summed E-state index contributed by atoms with van der Waals surface area (Å²) in [5, 5.41) is 0. The minimum Gasteiger partial charge on any atom is -0.228 e. The van der Waals surface area contributed by atoms with E-state index in [4.69, 9.17) is 19.9 Å². The van der Waals surface area contributed by atoms with E-state index in [1.165, 1.54) is 0 Å².